The third kappa shape index (κ3) is 8.46. The van der Waals surface area contributed by atoms with Crippen LogP contribution in [0.25, 0.3) is 0 Å². The van der Waals surface area contributed by atoms with E-state index in [2.05, 4.69) is 26.6 Å². The number of nitrogens with one attached hydrogen (secondary N) is 2. The Morgan fingerprint density at radius 1 is 0.974 bits per heavy atom. The molecule has 7 nitrogen and oxygen atoms in total. The molecule has 10 heteroatoms. The van der Waals surface area contributed by atoms with Gasteiger partial charge in [-0.25, -0.2) is 0 Å². The molecule has 0 aliphatic carbocycles. The molecule has 3 aromatic rings. The number of hydrogen-bond donors (Lipinski definition) is 2. The maximum Gasteiger partial charge on any atom is 0.259 e. The maximum absolute atomic E-state index is 12.9. The van der Waals surface area contributed by atoms with E-state index in [9.17, 15) is 14.4 Å². The van der Waals surface area contributed by atoms with Crippen LogP contribution >= 0.6 is 39.1 Å². The van der Waals surface area contributed by atoms with E-state index >= 15 is 0 Å². The Kier molecular flexibility index (Phi) is 10.3. The monoisotopic (exact) mass is 631 g/mol. The Hall–Kier alpha value is -3.07. The van der Waals surface area contributed by atoms with Gasteiger partial charge in [-0.05, 0) is 61.2 Å². The first-order valence-electron chi connectivity index (χ1n) is 12.6. The fourth-order valence-electron chi connectivity index (χ4n) is 4.33. The van der Waals surface area contributed by atoms with Gasteiger partial charge in [0.25, 0.3) is 11.8 Å². The van der Waals surface area contributed by atoms with Crippen LogP contribution in [0.5, 0.6) is 5.75 Å². The molecule has 0 spiro atoms. The van der Waals surface area contributed by atoms with Crippen molar-refractivity contribution in [3.8, 4) is 5.75 Å². The highest BCUT2D eigenvalue weighted by molar-refractivity contribution is 9.10. The quantitative estimate of drug-likeness (QED) is 0.297. The number of benzene rings is 3. The predicted molar refractivity (Wildman–Crippen MR) is 157 cm³/mol. The first-order chi connectivity index (χ1) is 18.8. The first kappa shape index (κ1) is 28.9. The van der Waals surface area contributed by atoms with E-state index in [0.29, 0.717) is 54.5 Å². The van der Waals surface area contributed by atoms with Crippen molar-refractivity contribution >= 4 is 62.5 Å². The van der Waals surface area contributed by atoms with Crippen molar-refractivity contribution in [3.05, 3.63) is 92.4 Å². The smallest absolute Gasteiger partial charge is 0.259 e. The van der Waals surface area contributed by atoms with E-state index in [1.54, 1.807) is 30.3 Å². The van der Waals surface area contributed by atoms with E-state index in [1.165, 1.54) is 6.07 Å². The molecule has 3 amide bonds. The molecule has 0 radical (unpaired) electrons. The normalized spacial score (nSPS) is 13.6. The van der Waals surface area contributed by atoms with Crippen molar-refractivity contribution in [2.24, 2.45) is 0 Å². The Bertz CT molecular complexity index is 1330. The van der Waals surface area contributed by atoms with Crippen molar-refractivity contribution in [1.82, 2.24) is 10.2 Å². The number of carbonyl (C=O) groups is 3. The fourth-order valence-corrected chi connectivity index (χ4v) is 5.22. The van der Waals surface area contributed by atoms with E-state index in [1.807, 2.05) is 35.2 Å². The van der Waals surface area contributed by atoms with Crippen LogP contribution in [0.4, 0.5) is 5.69 Å². The van der Waals surface area contributed by atoms with Crippen LogP contribution in [0.1, 0.15) is 35.2 Å². The fraction of sp³-hybridized carbons (Fsp3) is 0.276. The molecule has 4 rings (SSSR count). The number of halogens is 3. The number of amides is 3. The Labute approximate surface area is 245 Å². The van der Waals surface area contributed by atoms with Crippen LogP contribution in [-0.2, 0) is 16.0 Å². The molecule has 0 unspecified atom stereocenters. The van der Waals surface area contributed by atoms with Gasteiger partial charge in [0.15, 0.2) is 6.61 Å². The lowest BCUT2D eigenvalue weighted by Crippen LogP contribution is -2.47. The van der Waals surface area contributed by atoms with Gasteiger partial charge in [0.05, 0.1) is 16.3 Å². The highest BCUT2D eigenvalue weighted by Gasteiger charge is 2.24. The average molecular weight is 633 g/mol. The highest BCUT2D eigenvalue weighted by Crippen LogP contribution is 2.28. The van der Waals surface area contributed by atoms with Gasteiger partial charge >= 0.3 is 0 Å². The van der Waals surface area contributed by atoms with Gasteiger partial charge in [0, 0.05) is 35.0 Å². The van der Waals surface area contributed by atoms with Crippen LogP contribution in [0.15, 0.2) is 71.2 Å². The van der Waals surface area contributed by atoms with E-state index in [0.717, 1.165) is 10.0 Å². The number of nitrogens with zero attached hydrogens (tertiary/aromatic N) is 1. The molecule has 204 valence electrons. The largest absolute Gasteiger partial charge is 0.483 e. The van der Waals surface area contributed by atoms with Gasteiger partial charge in [-0.15, -0.1) is 0 Å². The zero-order valence-corrected chi connectivity index (χ0v) is 24.2. The number of likely N-dealkylation sites (tertiary alicyclic amines) is 1. The summed E-state index contributed by atoms with van der Waals surface area (Å²) in [5.41, 5.74) is 1.75. The third-order valence-corrected chi connectivity index (χ3v) is 7.45. The van der Waals surface area contributed by atoms with E-state index in [-0.39, 0.29) is 35.8 Å². The molecule has 39 heavy (non-hydrogen) atoms. The van der Waals surface area contributed by atoms with Gasteiger partial charge < -0.3 is 20.3 Å². The van der Waals surface area contributed by atoms with Crippen molar-refractivity contribution < 1.29 is 19.1 Å². The summed E-state index contributed by atoms with van der Waals surface area (Å²) >= 11 is 15.7. The van der Waals surface area contributed by atoms with E-state index < -0.39 is 5.91 Å². The summed E-state index contributed by atoms with van der Waals surface area (Å²) in [4.78, 5) is 40.0. The van der Waals surface area contributed by atoms with Gasteiger partial charge in [-0.1, -0.05) is 69.5 Å². The second-order valence-corrected chi connectivity index (χ2v) is 11.0. The number of anilines is 1. The van der Waals surface area contributed by atoms with Gasteiger partial charge in [0.1, 0.15) is 5.75 Å². The Morgan fingerprint density at radius 2 is 1.72 bits per heavy atom. The molecule has 1 heterocycles. The minimum Gasteiger partial charge on any atom is -0.483 e. The molecule has 1 aliphatic rings. The Balaban J connectivity index is 1.25. The number of hydrogen-bond acceptors (Lipinski definition) is 4. The molecule has 1 aliphatic heterocycles. The second-order valence-electron chi connectivity index (χ2n) is 9.22. The molecule has 0 atom stereocenters. The summed E-state index contributed by atoms with van der Waals surface area (Å²) in [5.74, 6) is -0.424. The SMILES string of the molecule is O=C(COc1ccc(Cl)cc1C(=O)Nc1ccc(Br)cc1Cl)NC1CCN(C(=O)CCc2ccccc2)CC1. The first-order valence-corrected chi connectivity index (χ1v) is 14.1. The molecule has 1 fully saturated rings. The molecule has 0 saturated carbocycles. The average Bonchev–Trinajstić information content (AvgIpc) is 2.93. The van der Waals surface area contributed by atoms with Crippen LogP contribution in [0.2, 0.25) is 10.0 Å². The summed E-state index contributed by atoms with van der Waals surface area (Å²) in [5, 5.41) is 6.43. The number of piperidine rings is 1. The zero-order valence-electron chi connectivity index (χ0n) is 21.1. The summed E-state index contributed by atoms with van der Waals surface area (Å²) in [6.45, 7) is 0.927. The number of carbonyl (C=O) groups excluding carboxylic acids is 3. The van der Waals surface area contributed by atoms with Gasteiger partial charge in [-0.3, -0.25) is 14.4 Å². The lowest BCUT2D eigenvalue weighted by Gasteiger charge is -2.32. The van der Waals surface area contributed by atoms with Crippen LogP contribution < -0.4 is 15.4 Å². The minimum absolute atomic E-state index is 0.0493. The van der Waals surface area contributed by atoms with Crippen molar-refractivity contribution in [2.45, 2.75) is 31.7 Å². The van der Waals surface area contributed by atoms with Crippen molar-refractivity contribution in [3.63, 3.8) is 0 Å². The number of ether oxygens (including phenoxy) is 1. The predicted octanol–water partition coefficient (Wildman–Crippen LogP) is 6.13. The molecule has 0 bridgehead atoms. The van der Waals surface area contributed by atoms with E-state index in [4.69, 9.17) is 27.9 Å². The molecule has 2 N–H and O–H groups in total. The molecule has 1 saturated heterocycles. The lowest BCUT2D eigenvalue weighted by atomic mass is 10.0. The molecule has 0 aromatic heterocycles. The lowest BCUT2D eigenvalue weighted by molar-refractivity contribution is -0.132. The minimum atomic E-state index is -0.471. The topological polar surface area (TPSA) is 87.7 Å². The van der Waals surface area contributed by atoms with Crippen LogP contribution in [0.3, 0.4) is 0 Å². The Morgan fingerprint density at radius 3 is 2.44 bits per heavy atom. The van der Waals surface area contributed by atoms with Crippen molar-refractivity contribution in [2.75, 3.05) is 25.0 Å². The molecular weight excluding hydrogens is 605 g/mol. The number of rotatable bonds is 9. The number of aryl methyl sites for hydroxylation is 1. The summed E-state index contributed by atoms with van der Waals surface area (Å²) in [6.07, 6.45) is 2.53. The summed E-state index contributed by atoms with van der Waals surface area (Å²) in [7, 11) is 0. The van der Waals surface area contributed by atoms with Gasteiger partial charge in [0.2, 0.25) is 5.91 Å². The van der Waals surface area contributed by atoms with Crippen LogP contribution in [0, 0.1) is 0 Å². The zero-order chi connectivity index (χ0) is 27.8. The second kappa shape index (κ2) is 13.8. The van der Waals surface area contributed by atoms with Crippen LogP contribution in [-0.4, -0.2) is 48.4 Å². The summed E-state index contributed by atoms with van der Waals surface area (Å²) < 4.78 is 6.48. The molecule has 3 aromatic carbocycles. The highest BCUT2D eigenvalue weighted by atomic mass is 79.9. The standard InChI is InChI=1S/C29H28BrCl2N3O4/c30-20-7-9-25(24(32)16-20)34-29(38)23-17-21(31)8-10-26(23)39-18-27(36)33-22-12-14-35(15-13-22)28(37)11-6-19-4-2-1-3-5-19/h1-5,7-10,16-17,22H,6,11-15,18H2,(H,33,36)(H,34,38). The van der Waals surface area contributed by atoms with Gasteiger partial charge in [-0.2, -0.15) is 0 Å². The molecular formula is C29H28BrCl2N3O4. The van der Waals surface area contributed by atoms with Crippen molar-refractivity contribution in [1.29, 1.82) is 0 Å². The third-order valence-electron chi connectivity index (χ3n) is 6.41. The maximum atomic E-state index is 12.9. The summed E-state index contributed by atoms with van der Waals surface area (Å²) in [6, 6.07) is 19.6.